The Bertz CT molecular complexity index is 611. The van der Waals surface area contributed by atoms with Crippen LogP contribution in [0.25, 0.3) is 0 Å². The lowest BCUT2D eigenvalue weighted by molar-refractivity contribution is 0.292. The third kappa shape index (κ3) is 3.57. The molecule has 1 aliphatic carbocycles. The zero-order chi connectivity index (χ0) is 14.8. The fourth-order valence-corrected chi connectivity index (χ4v) is 2.58. The van der Waals surface area contributed by atoms with Gasteiger partial charge in [-0.15, -0.1) is 0 Å². The summed E-state index contributed by atoms with van der Waals surface area (Å²) in [5.74, 6) is 3.47. The maximum absolute atomic E-state index is 5.86. The van der Waals surface area contributed by atoms with E-state index in [9.17, 15) is 0 Å². The van der Waals surface area contributed by atoms with Crippen molar-refractivity contribution in [3.63, 3.8) is 0 Å². The first-order valence-corrected chi connectivity index (χ1v) is 7.91. The molecule has 0 bridgehead atoms. The second-order valence-corrected chi connectivity index (χ2v) is 6.12. The van der Waals surface area contributed by atoms with E-state index in [1.165, 1.54) is 25.9 Å². The summed E-state index contributed by atoms with van der Waals surface area (Å²) < 4.78 is 11.6. The maximum atomic E-state index is 5.86. The van der Waals surface area contributed by atoms with Gasteiger partial charge in [0.25, 0.3) is 0 Å². The molecule has 1 saturated heterocycles. The van der Waals surface area contributed by atoms with Gasteiger partial charge in [0, 0.05) is 25.5 Å². The highest BCUT2D eigenvalue weighted by molar-refractivity contribution is 5.34. The van der Waals surface area contributed by atoms with E-state index in [0.29, 0.717) is 6.04 Å². The molecule has 2 heterocycles. The van der Waals surface area contributed by atoms with E-state index in [1.54, 1.807) is 12.4 Å². The van der Waals surface area contributed by atoms with Crippen LogP contribution >= 0.6 is 0 Å². The Hall–Kier alpha value is -2.07. The van der Waals surface area contributed by atoms with Crippen molar-refractivity contribution in [2.45, 2.75) is 18.9 Å². The van der Waals surface area contributed by atoms with Gasteiger partial charge in [-0.25, -0.2) is 0 Å². The molecule has 0 spiro atoms. The first-order valence-electron chi connectivity index (χ1n) is 7.91. The summed E-state index contributed by atoms with van der Waals surface area (Å²) in [5, 5.41) is 0. The lowest BCUT2D eigenvalue weighted by Gasteiger charge is -2.08. The SMILES string of the molecule is c1cc(Oc2ccc(OCC3CN3CC3CC3)cc2)ccn1. The number of rotatable bonds is 7. The molecule has 1 aromatic heterocycles. The number of nitrogens with zero attached hydrogens (tertiary/aromatic N) is 2. The van der Waals surface area contributed by atoms with Crippen molar-refractivity contribution in [3.05, 3.63) is 48.8 Å². The maximum Gasteiger partial charge on any atom is 0.130 e. The van der Waals surface area contributed by atoms with Gasteiger partial charge in [-0.1, -0.05) is 0 Å². The van der Waals surface area contributed by atoms with Crippen molar-refractivity contribution in [3.8, 4) is 17.2 Å². The molecule has 4 rings (SSSR count). The van der Waals surface area contributed by atoms with Crippen LogP contribution in [0.4, 0.5) is 0 Å². The molecule has 0 radical (unpaired) electrons. The normalized spacial score (nSPS) is 23.1. The first kappa shape index (κ1) is 13.6. The van der Waals surface area contributed by atoms with Crippen LogP contribution < -0.4 is 9.47 Å². The molecule has 1 aromatic carbocycles. The zero-order valence-corrected chi connectivity index (χ0v) is 12.5. The quantitative estimate of drug-likeness (QED) is 0.734. The second kappa shape index (κ2) is 5.97. The van der Waals surface area contributed by atoms with Crippen LogP contribution in [-0.2, 0) is 0 Å². The number of benzene rings is 1. The molecular formula is C18H20N2O2. The average Bonchev–Trinajstić information content (AvgIpc) is 3.47. The predicted octanol–water partition coefficient (Wildman–Crippen LogP) is 3.35. The average molecular weight is 296 g/mol. The summed E-state index contributed by atoms with van der Waals surface area (Å²) in [6, 6.07) is 12.1. The molecule has 0 N–H and O–H groups in total. The molecule has 2 unspecified atom stereocenters. The number of aromatic nitrogens is 1. The number of pyridine rings is 1. The van der Waals surface area contributed by atoms with Gasteiger partial charge in [0.1, 0.15) is 23.9 Å². The Morgan fingerprint density at radius 2 is 1.64 bits per heavy atom. The Morgan fingerprint density at radius 1 is 0.955 bits per heavy atom. The fourth-order valence-electron chi connectivity index (χ4n) is 2.58. The number of ether oxygens (including phenoxy) is 2. The van der Waals surface area contributed by atoms with Crippen molar-refractivity contribution in [2.24, 2.45) is 5.92 Å². The summed E-state index contributed by atoms with van der Waals surface area (Å²) in [6.45, 7) is 3.25. The van der Waals surface area contributed by atoms with E-state index >= 15 is 0 Å². The fraction of sp³-hybridized carbons (Fsp3) is 0.389. The Labute approximate surface area is 130 Å². The summed E-state index contributed by atoms with van der Waals surface area (Å²) >= 11 is 0. The van der Waals surface area contributed by atoms with Crippen molar-refractivity contribution in [1.82, 2.24) is 9.88 Å². The van der Waals surface area contributed by atoms with Crippen LogP contribution in [0.1, 0.15) is 12.8 Å². The van der Waals surface area contributed by atoms with Gasteiger partial charge in [0.15, 0.2) is 0 Å². The van der Waals surface area contributed by atoms with E-state index in [0.717, 1.165) is 29.8 Å². The number of hydrogen-bond acceptors (Lipinski definition) is 4. The molecule has 4 heteroatoms. The summed E-state index contributed by atoms with van der Waals surface area (Å²) in [7, 11) is 0. The molecule has 4 nitrogen and oxygen atoms in total. The van der Waals surface area contributed by atoms with E-state index in [4.69, 9.17) is 9.47 Å². The van der Waals surface area contributed by atoms with Crippen LogP contribution in [0, 0.1) is 5.92 Å². The highest BCUT2D eigenvalue weighted by atomic mass is 16.5. The number of hydrogen-bond donors (Lipinski definition) is 0. The van der Waals surface area contributed by atoms with Gasteiger partial charge < -0.3 is 9.47 Å². The molecule has 22 heavy (non-hydrogen) atoms. The molecule has 0 amide bonds. The van der Waals surface area contributed by atoms with Gasteiger partial charge in [-0.2, -0.15) is 0 Å². The Morgan fingerprint density at radius 3 is 2.36 bits per heavy atom. The summed E-state index contributed by atoms with van der Waals surface area (Å²) in [4.78, 5) is 6.48. The van der Waals surface area contributed by atoms with Gasteiger partial charge in [0.05, 0.1) is 6.04 Å². The Balaban J connectivity index is 1.25. The monoisotopic (exact) mass is 296 g/mol. The topological polar surface area (TPSA) is 34.4 Å². The minimum atomic E-state index is 0.619. The minimum absolute atomic E-state index is 0.619. The van der Waals surface area contributed by atoms with Crippen molar-refractivity contribution in [1.29, 1.82) is 0 Å². The molecule has 114 valence electrons. The molecule has 1 saturated carbocycles. The van der Waals surface area contributed by atoms with E-state index < -0.39 is 0 Å². The van der Waals surface area contributed by atoms with Crippen molar-refractivity contribution < 1.29 is 9.47 Å². The summed E-state index contributed by atoms with van der Waals surface area (Å²) in [5.41, 5.74) is 0. The predicted molar refractivity (Wildman–Crippen MR) is 84.3 cm³/mol. The zero-order valence-electron chi connectivity index (χ0n) is 12.5. The molecule has 1 aliphatic heterocycles. The minimum Gasteiger partial charge on any atom is -0.492 e. The van der Waals surface area contributed by atoms with Crippen LogP contribution in [-0.4, -0.2) is 35.6 Å². The highest BCUT2D eigenvalue weighted by Gasteiger charge is 2.38. The lowest BCUT2D eigenvalue weighted by Crippen LogP contribution is -2.12. The molecule has 2 atom stereocenters. The largest absolute Gasteiger partial charge is 0.492 e. The van der Waals surface area contributed by atoms with E-state index in [-0.39, 0.29) is 0 Å². The van der Waals surface area contributed by atoms with Gasteiger partial charge in [-0.05, 0) is 55.2 Å². The van der Waals surface area contributed by atoms with Crippen LogP contribution in [0.3, 0.4) is 0 Å². The van der Waals surface area contributed by atoms with Crippen molar-refractivity contribution in [2.75, 3.05) is 19.7 Å². The van der Waals surface area contributed by atoms with E-state index in [1.807, 2.05) is 36.4 Å². The highest BCUT2D eigenvalue weighted by Crippen LogP contribution is 2.33. The van der Waals surface area contributed by atoms with Gasteiger partial charge in [0.2, 0.25) is 0 Å². The van der Waals surface area contributed by atoms with Gasteiger partial charge in [-0.3, -0.25) is 9.88 Å². The Kier molecular flexibility index (Phi) is 3.69. The van der Waals surface area contributed by atoms with Crippen LogP contribution in [0.5, 0.6) is 17.2 Å². The lowest BCUT2D eigenvalue weighted by atomic mass is 10.3. The first-order chi connectivity index (χ1) is 10.9. The standard InChI is InChI=1S/C18H20N2O2/c1-2-14(1)11-20-12-15(20)13-21-16-3-5-17(6-4-16)22-18-7-9-19-10-8-18/h3-10,14-15H,1-2,11-13H2. The third-order valence-electron chi connectivity index (χ3n) is 4.17. The molecular weight excluding hydrogens is 276 g/mol. The van der Waals surface area contributed by atoms with Crippen molar-refractivity contribution >= 4 is 0 Å². The third-order valence-corrected chi connectivity index (χ3v) is 4.17. The molecule has 2 aromatic rings. The molecule has 2 aliphatic rings. The van der Waals surface area contributed by atoms with Crippen LogP contribution in [0.15, 0.2) is 48.8 Å². The van der Waals surface area contributed by atoms with Crippen LogP contribution in [0.2, 0.25) is 0 Å². The summed E-state index contributed by atoms with van der Waals surface area (Å²) in [6.07, 6.45) is 6.28. The van der Waals surface area contributed by atoms with E-state index in [2.05, 4.69) is 9.88 Å². The second-order valence-electron chi connectivity index (χ2n) is 6.12. The smallest absolute Gasteiger partial charge is 0.130 e. The molecule has 2 fully saturated rings. The van der Waals surface area contributed by atoms with Gasteiger partial charge >= 0.3 is 0 Å².